The van der Waals surface area contributed by atoms with Gasteiger partial charge < -0.3 is 19.6 Å². The van der Waals surface area contributed by atoms with Crippen molar-refractivity contribution in [2.45, 2.75) is 50.9 Å². The molecule has 3 rings (SSSR count). The Morgan fingerprint density at radius 1 is 1.22 bits per heavy atom. The zero-order chi connectivity index (χ0) is 16.2. The van der Waals surface area contributed by atoms with E-state index in [-0.39, 0.29) is 11.5 Å². The number of hydrogen-bond donors (Lipinski definition) is 1. The Kier molecular flexibility index (Phi) is 5.14. The summed E-state index contributed by atoms with van der Waals surface area (Å²) in [7, 11) is 0. The van der Waals surface area contributed by atoms with Gasteiger partial charge in [-0.25, -0.2) is 0 Å². The number of aldehydes is 1. The minimum atomic E-state index is -0.449. The van der Waals surface area contributed by atoms with Crippen molar-refractivity contribution in [1.29, 1.82) is 0 Å². The average Bonchev–Trinajstić information content (AvgIpc) is 2.99. The van der Waals surface area contributed by atoms with Gasteiger partial charge in [-0.15, -0.1) is 0 Å². The van der Waals surface area contributed by atoms with Crippen LogP contribution in [0.2, 0.25) is 0 Å². The second-order valence-corrected chi connectivity index (χ2v) is 7.10. The molecule has 1 aromatic rings. The lowest BCUT2D eigenvalue weighted by atomic mass is 9.68. The summed E-state index contributed by atoms with van der Waals surface area (Å²) in [6.45, 7) is 4.33. The van der Waals surface area contributed by atoms with E-state index >= 15 is 0 Å². The van der Waals surface area contributed by atoms with E-state index in [1.165, 1.54) is 5.56 Å². The third-order valence-corrected chi connectivity index (χ3v) is 5.30. The predicted octanol–water partition coefficient (Wildman–Crippen LogP) is 2.71. The second-order valence-electron chi connectivity index (χ2n) is 7.10. The van der Waals surface area contributed by atoms with Crippen LogP contribution in [0.1, 0.15) is 38.2 Å². The SMILES string of the molecule is C[C@@]1(C(C=O)NCCc2ccccc2)CCCC2(C1)OCCO2. The monoisotopic (exact) mass is 317 g/mol. The molecule has 2 fully saturated rings. The molecule has 1 saturated heterocycles. The van der Waals surface area contributed by atoms with Gasteiger partial charge >= 0.3 is 0 Å². The lowest BCUT2D eigenvalue weighted by Crippen LogP contribution is -2.52. The Morgan fingerprint density at radius 2 is 1.96 bits per heavy atom. The van der Waals surface area contributed by atoms with Gasteiger partial charge in [0, 0.05) is 12.8 Å². The molecule has 1 spiro atoms. The smallest absolute Gasteiger partial charge is 0.169 e. The van der Waals surface area contributed by atoms with E-state index in [1.807, 2.05) is 18.2 Å². The van der Waals surface area contributed by atoms with Crippen LogP contribution >= 0.6 is 0 Å². The lowest BCUT2D eigenvalue weighted by molar-refractivity contribution is -0.202. The molecule has 1 heterocycles. The highest BCUT2D eigenvalue weighted by molar-refractivity contribution is 5.59. The predicted molar refractivity (Wildman–Crippen MR) is 89.2 cm³/mol. The number of rotatable bonds is 6. The minimum Gasteiger partial charge on any atom is -0.348 e. The van der Waals surface area contributed by atoms with Crippen molar-refractivity contribution in [2.24, 2.45) is 5.41 Å². The van der Waals surface area contributed by atoms with E-state index in [4.69, 9.17) is 9.47 Å². The van der Waals surface area contributed by atoms with E-state index in [9.17, 15) is 4.79 Å². The summed E-state index contributed by atoms with van der Waals surface area (Å²) in [4.78, 5) is 11.7. The first-order valence-electron chi connectivity index (χ1n) is 8.66. The fraction of sp³-hybridized carbons (Fsp3) is 0.632. The minimum absolute atomic E-state index is 0.110. The van der Waals surface area contributed by atoms with E-state index in [2.05, 4.69) is 24.4 Å². The Hall–Kier alpha value is -1.23. The highest BCUT2D eigenvalue weighted by Gasteiger charge is 2.49. The number of carbonyl (C=O) groups excluding carboxylic acids is 1. The Labute approximate surface area is 138 Å². The molecule has 23 heavy (non-hydrogen) atoms. The van der Waals surface area contributed by atoms with Gasteiger partial charge in [-0.3, -0.25) is 0 Å². The number of ether oxygens (including phenoxy) is 2. The number of hydrogen-bond acceptors (Lipinski definition) is 4. The molecule has 126 valence electrons. The van der Waals surface area contributed by atoms with E-state index in [1.54, 1.807) is 0 Å². The molecule has 4 nitrogen and oxygen atoms in total. The molecule has 0 amide bonds. The third-order valence-electron chi connectivity index (χ3n) is 5.30. The van der Waals surface area contributed by atoms with Gasteiger partial charge in [0.25, 0.3) is 0 Å². The summed E-state index contributed by atoms with van der Waals surface area (Å²) in [5, 5.41) is 3.46. The standard InChI is InChI=1S/C19H27NO3/c1-18(9-5-10-19(15-18)22-12-13-23-19)17(14-21)20-11-8-16-6-3-2-4-7-16/h2-4,6-7,14,17,20H,5,8-13,15H2,1H3/t17?,18-/m1/s1. The maximum atomic E-state index is 11.7. The van der Waals surface area contributed by atoms with Gasteiger partial charge in [0.05, 0.1) is 19.3 Å². The van der Waals surface area contributed by atoms with E-state index in [0.29, 0.717) is 13.2 Å². The highest BCUT2D eigenvalue weighted by Crippen LogP contribution is 2.47. The average molecular weight is 317 g/mol. The van der Waals surface area contributed by atoms with Crippen molar-refractivity contribution >= 4 is 6.29 Å². The highest BCUT2D eigenvalue weighted by atomic mass is 16.7. The third kappa shape index (κ3) is 3.82. The molecular formula is C19H27NO3. The molecule has 1 aromatic carbocycles. The molecule has 1 saturated carbocycles. The molecule has 0 bridgehead atoms. The van der Waals surface area contributed by atoms with Crippen LogP contribution in [0.15, 0.2) is 30.3 Å². The first kappa shape index (κ1) is 16.6. The topological polar surface area (TPSA) is 47.6 Å². The zero-order valence-electron chi connectivity index (χ0n) is 13.9. The van der Waals surface area contributed by atoms with E-state index < -0.39 is 5.79 Å². The maximum Gasteiger partial charge on any atom is 0.169 e. The van der Waals surface area contributed by atoms with Crippen LogP contribution in [0.25, 0.3) is 0 Å². The van der Waals surface area contributed by atoms with Crippen LogP contribution in [0.5, 0.6) is 0 Å². The Balaban J connectivity index is 1.59. The summed E-state index contributed by atoms with van der Waals surface area (Å²) in [6.07, 6.45) is 5.81. The van der Waals surface area contributed by atoms with Crippen LogP contribution in [0, 0.1) is 5.41 Å². The number of nitrogens with one attached hydrogen (secondary N) is 1. The molecule has 4 heteroatoms. The van der Waals surface area contributed by atoms with Crippen LogP contribution < -0.4 is 5.32 Å². The van der Waals surface area contributed by atoms with Crippen LogP contribution in [0.4, 0.5) is 0 Å². The molecule has 2 aliphatic rings. The number of carbonyl (C=O) groups is 1. The Bertz CT molecular complexity index is 513. The summed E-state index contributed by atoms with van der Waals surface area (Å²) < 4.78 is 11.8. The van der Waals surface area contributed by atoms with Gasteiger partial charge in [-0.1, -0.05) is 37.3 Å². The van der Waals surface area contributed by atoms with Gasteiger partial charge in [-0.2, -0.15) is 0 Å². The van der Waals surface area contributed by atoms with Gasteiger partial charge in [-0.05, 0) is 36.8 Å². The van der Waals surface area contributed by atoms with Gasteiger partial charge in [0.2, 0.25) is 0 Å². The second kappa shape index (κ2) is 7.12. The number of benzene rings is 1. The lowest BCUT2D eigenvalue weighted by Gasteiger charge is -2.45. The van der Waals surface area contributed by atoms with Crippen molar-refractivity contribution < 1.29 is 14.3 Å². The van der Waals surface area contributed by atoms with Crippen molar-refractivity contribution in [3.63, 3.8) is 0 Å². The molecule has 1 unspecified atom stereocenters. The first-order valence-corrected chi connectivity index (χ1v) is 8.66. The molecule has 2 atom stereocenters. The first-order chi connectivity index (χ1) is 11.2. The molecular weight excluding hydrogens is 290 g/mol. The summed E-state index contributed by atoms with van der Waals surface area (Å²) in [5.74, 6) is -0.449. The van der Waals surface area contributed by atoms with Crippen molar-refractivity contribution in [3.8, 4) is 0 Å². The summed E-state index contributed by atoms with van der Waals surface area (Å²) >= 11 is 0. The zero-order valence-corrected chi connectivity index (χ0v) is 13.9. The van der Waals surface area contributed by atoms with Crippen LogP contribution in [-0.4, -0.2) is 37.9 Å². The fourth-order valence-corrected chi connectivity index (χ4v) is 4.04. The summed E-state index contributed by atoms with van der Waals surface area (Å²) in [6, 6.07) is 10.2. The molecule has 0 aromatic heterocycles. The quantitative estimate of drug-likeness (QED) is 0.820. The van der Waals surface area contributed by atoms with E-state index in [0.717, 1.165) is 44.9 Å². The van der Waals surface area contributed by atoms with Gasteiger partial charge in [0.1, 0.15) is 6.29 Å². The summed E-state index contributed by atoms with van der Waals surface area (Å²) in [5.41, 5.74) is 1.18. The normalized spacial score (nSPS) is 27.9. The Morgan fingerprint density at radius 3 is 2.65 bits per heavy atom. The van der Waals surface area contributed by atoms with Crippen molar-refractivity contribution in [3.05, 3.63) is 35.9 Å². The van der Waals surface area contributed by atoms with Crippen LogP contribution in [0.3, 0.4) is 0 Å². The molecule has 0 radical (unpaired) electrons. The maximum absolute atomic E-state index is 11.7. The fourth-order valence-electron chi connectivity index (χ4n) is 4.04. The molecule has 1 aliphatic heterocycles. The molecule has 1 N–H and O–H groups in total. The molecule has 1 aliphatic carbocycles. The van der Waals surface area contributed by atoms with Crippen molar-refractivity contribution in [1.82, 2.24) is 5.32 Å². The van der Waals surface area contributed by atoms with Gasteiger partial charge in [0.15, 0.2) is 5.79 Å². The van der Waals surface area contributed by atoms with Crippen LogP contribution in [-0.2, 0) is 20.7 Å². The van der Waals surface area contributed by atoms with Crippen molar-refractivity contribution in [2.75, 3.05) is 19.8 Å². The largest absolute Gasteiger partial charge is 0.348 e.